The monoisotopic (exact) mass is 236 g/mol. The van der Waals surface area contributed by atoms with Gasteiger partial charge in [0.05, 0.1) is 12.8 Å². The predicted octanol–water partition coefficient (Wildman–Crippen LogP) is -0.0139. The smallest absolute Gasteiger partial charge is 0.242 e. The maximum atomic E-state index is 11.4. The number of hydrogen-bond donors (Lipinski definition) is 3. The number of nitrogens with one attached hydrogen (secondary N) is 2. The molecule has 0 saturated carbocycles. The molecule has 1 amide bonds. The third-order valence-corrected chi connectivity index (χ3v) is 1.86. The van der Waals surface area contributed by atoms with Crippen LogP contribution in [-0.2, 0) is 11.3 Å². The normalized spacial score (nSPS) is 10.9. The van der Waals surface area contributed by atoms with Gasteiger partial charge in [-0.05, 0) is 12.1 Å². The van der Waals surface area contributed by atoms with Crippen LogP contribution < -0.4 is 16.4 Å². The van der Waals surface area contributed by atoms with Crippen molar-refractivity contribution < 1.29 is 9.21 Å². The number of aliphatic imine (C=N–C) groups is 1. The highest BCUT2D eigenvalue weighted by molar-refractivity contribution is 5.83. The van der Waals surface area contributed by atoms with Gasteiger partial charge in [-0.3, -0.25) is 4.79 Å². The molecule has 0 aliphatic carbocycles. The first-order valence-corrected chi connectivity index (χ1v) is 5.16. The maximum absolute atomic E-state index is 11.4. The third-order valence-electron chi connectivity index (χ3n) is 1.86. The summed E-state index contributed by atoms with van der Waals surface area (Å²) in [6.45, 7) is 4.37. The van der Waals surface area contributed by atoms with Crippen LogP contribution in [-0.4, -0.2) is 25.0 Å². The molecule has 92 valence electrons. The Morgan fingerprint density at radius 3 is 3.06 bits per heavy atom. The van der Waals surface area contributed by atoms with Crippen LogP contribution in [0.25, 0.3) is 0 Å². The van der Waals surface area contributed by atoms with Gasteiger partial charge in [-0.1, -0.05) is 6.08 Å². The van der Waals surface area contributed by atoms with Crippen molar-refractivity contribution in [3.05, 3.63) is 36.8 Å². The number of rotatable bonds is 6. The summed E-state index contributed by atoms with van der Waals surface area (Å²) in [6.07, 6.45) is 3.20. The Hall–Kier alpha value is -2.24. The molecule has 1 aromatic rings. The van der Waals surface area contributed by atoms with Crippen molar-refractivity contribution in [1.29, 1.82) is 0 Å². The Kier molecular flexibility index (Phi) is 5.36. The molecule has 0 fully saturated rings. The first-order valence-electron chi connectivity index (χ1n) is 5.16. The largest absolute Gasteiger partial charge is 0.467 e. The van der Waals surface area contributed by atoms with Crippen LogP contribution in [0.1, 0.15) is 5.76 Å². The minimum atomic E-state index is -0.218. The van der Waals surface area contributed by atoms with Gasteiger partial charge < -0.3 is 20.8 Å². The number of nitrogens with zero attached hydrogens (tertiary/aromatic N) is 1. The average Bonchev–Trinajstić information content (AvgIpc) is 2.84. The van der Waals surface area contributed by atoms with E-state index in [-0.39, 0.29) is 18.4 Å². The van der Waals surface area contributed by atoms with E-state index < -0.39 is 0 Å². The first-order chi connectivity index (χ1) is 8.22. The molecule has 1 heterocycles. The van der Waals surface area contributed by atoms with Gasteiger partial charge in [-0.2, -0.15) is 0 Å². The minimum absolute atomic E-state index is 0.0172. The van der Waals surface area contributed by atoms with E-state index in [9.17, 15) is 4.79 Å². The van der Waals surface area contributed by atoms with Crippen LogP contribution in [0.2, 0.25) is 0 Å². The molecule has 4 N–H and O–H groups in total. The SMILES string of the molecule is C=CCNC(N)=NCC(=O)NCc1ccco1. The number of amides is 1. The van der Waals surface area contributed by atoms with Crippen molar-refractivity contribution in [2.45, 2.75) is 6.54 Å². The quantitative estimate of drug-likeness (QED) is 0.368. The van der Waals surface area contributed by atoms with Crippen LogP contribution in [0, 0.1) is 0 Å². The highest BCUT2D eigenvalue weighted by Crippen LogP contribution is 1.97. The van der Waals surface area contributed by atoms with Crippen molar-refractivity contribution in [2.24, 2.45) is 10.7 Å². The van der Waals surface area contributed by atoms with Gasteiger partial charge >= 0.3 is 0 Å². The van der Waals surface area contributed by atoms with Crippen LogP contribution >= 0.6 is 0 Å². The Morgan fingerprint density at radius 1 is 1.59 bits per heavy atom. The Morgan fingerprint density at radius 2 is 2.41 bits per heavy atom. The van der Waals surface area contributed by atoms with Gasteiger partial charge in [-0.15, -0.1) is 6.58 Å². The molecule has 0 aliphatic heterocycles. The summed E-state index contributed by atoms with van der Waals surface area (Å²) < 4.78 is 5.06. The highest BCUT2D eigenvalue weighted by Gasteiger charge is 2.01. The predicted molar refractivity (Wildman–Crippen MR) is 65.2 cm³/mol. The van der Waals surface area contributed by atoms with Crippen molar-refractivity contribution in [2.75, 3.05) is 13.1 Å². The molecular weight excluding hydrogens is 220 g/mol. The lowest BCUT2D eigenvalue weighted by molar-refractivity contribution is -0.119. The topological polar surface area (TPSA) is 92.6 Å². The fraction of sp³-hybridized carbons (Fsp3) is 0.273. The van der Waals surface area contributed by atoms with Gasteiger partial charge in [0.15, 0.2) is 5.96 Å². The first kappa shape index (κ1) is 12.8. The van der Waals surface area contributed by atoms with Gasteiger partial charge in [0.25, 0.3) is 0 Å². The molecule has 6 nitrogen and oxygen atoms in total. The lowest BCUT2D eigenvalue weighted by Crippen LogP contribution is -2.33. The molecule has 6 heteroatoms. The van der Waals surface area contributed by atoms with Crippen LogP contribution in [0.4, 0.5) is 0 Å². The molecule has 0 spiro atoms. The highest BCUT2D eigenvalue weighted by atomic mass is 16.3. The zero-order valence-electron chi connectivity index (χ0n) is 9.48. The summed E-state index contributed by atoms with van der Waals surface area (Å²) in [5.74, 6) is 0.697. The zero-order valence-corrected chi connectivity index (χ0v) is 9.48. The number of furan rings is 1. The molecule has 0 aliphatic rings. The minimum Gasteiger partial charge on any atom is -0.467 e. The second kappa shape index (κ2) is 7.10. The molecule has 0 bridgehead atoms. The van der Waals surface area contributed by atoms with Gasteiger partial charge in [0.2, 0.25) is 5.91 Å². The fourth-order valence-electron chi connectivity index (χ4n) is 1.04. The van der Waals surface area contributed by atoms with Gasteiger partial charge in [0, 0.05) is 6.54 Å². The number of carbonyl (C=O) groups excluding carboxylic acids is 1. The number of carbonyl (C=O) groups is 1. The number of nitrogens with two attached hydrogens (primary N) is 1. The van der Waals surface area contributed by atoms with E-state index in [1.165, 1.54) is 0 Å². The summed E-state index contributed by atoms with van der Waals surface area (Å²) >= 11 is 0. The number of hydrogen-bond acceptors (Lipinski definition) is 3. The molecule has 17 heavy (non-hydrogen) atoms. The van der Waals surface area contributed by atoms with E-state index in [1.807, 2.05) is 0 Å². The maximum Gasteiger partial charge on any atom is 0.242 e. The molecular formula is C11H16N4O2. The molecule has 0 saturated heterocycles. The van der Waals surface area contributed by atoms with Gasteiger partial charge in [0.1, 0.15) is 12.3 Å². The number of guanidine groups is 1. The van der Waals surface area contributed by atoms with Crippen molar-refractivity contribution >= 4 is 11.9 Å². The molecule has 0 radical (unpaired) electrons. The zero-order chi connectivity index (χ0) is 12.5. The van der Waals surface area contributed by atoms with E-state index in [2.05, 4.69) is 22.2 Å². The fourth-order valence-corrected chi connectivity index (χ4v) is 1.04. The summed E-state index contributed by atoms with van der Waals surface area (Å²) in [5.41, 5.74) is 5.49. The Balaban J connectivity index is 2.22. The summed E-state index contributed by atoms with van der Waals surface area (Å²) in [5, 5.41) is 5.42. The van der Waals surface area contributed by atoms with E-state index >= 15 is 0 Å². The molecule has 0 unspecified atom stereocenters. The van der Waals surface area contributed by atoms with Crippen LogP contribution in [0.3, 0.4) is 0 Å². The van der Waals surface area contributed by atoms with E-state index in [1.54, 1.807) is 24.5 Å². The summed E-state index contributed by atoms with van der Waals surface area (Å²) in [6, 6.07) is 3.54. The van der Waals surface area contributed by atoms with Crippen molar-refractivity contribution in [1.82, 2.24) is 10.6 Å². The summed E-state index contributed by atoms with van der Waals surface area (Å²) in [7, 11) is 0. The standard InChI is InChI=1S/C11H16N4O2/c1-2-5-13-11(12)15-8-10(16)14-7-9-4-3-6-17-9/h2-4,6H,1,5,7-8H2,(H,14,16)(H3,12,13,15). The second-order valence-corrected chi connectivity index (χ2v) is 3.23. The van der Waals surface area contributed by atoms with Crippen molar-refractivity contribution in [3.8, 4) is 0 Å². The molecule has 1 aromatic heterocycles. The third kappa shape index (κ3) is 5.41. The molecule has 0 atom stereocenters. The summed E-state index contributed by atoms with van der Waals surface area (Å²) in [4.78, 5) is 15.2. The lowest BCUT2D eigenvalue weighted by atomic mass is 10.4. The second-order valence-electron chi connectivity index (χ2n) is 3.23. The molecule has 1 rings (SSSR count). The average molecular weight is 236 g/mol. The van der Waals surface area contributed by atoms with Crippen LogP contribution in [0.5, 0.6) is 0 Å². The van der Waals surface area contributed by atoms with E-state index in [0.717, 1.165) is 0 Å². The van der Waals surface area contributed by atoms with Crippen molar-refractivity contribution in [3.63, 3.8) is 0 Å². The van der Waals surface area contributed by atoms with Gasteiger partial charge in [-0.25, -0.2) is 4.99 Å². The molecule has 0 aromatic carbocycles. The Bertz CT molecular complexity index is 384. The van der Waals surface area contributed by atoms with E-state index in [4.69, 9.17) is 10.2 Å². The lowest BCUT2D eigenvalue weighted by Gasteiger charge is -2.03. The van der Waals surface area contributed by atoms with E-state index in [0.29, 0.717) is 18.8 Å². The van der Waals surface area contributed by atoms with Crippen LogP contribution in [0.15, 0.2) is 40.5 Å². The Labute approximate surface area is 99.6 Å².